The first-order valence-electron chi connectivity index (χ1n) is 9.76. The maximum atomic E-state index is 12.9. The van der Waals surface area contributed by atoms with Crippen LogP contribution < -0.4 is 16.0 Å². The maximum Gasteiger partial charge on any atom is 0.312 e. The first kappa shape index (κ1) is 21.0. The minimum atomic E-state index is -0.678. The minimum Gasteiger partial charge on any atom is -0.368 e. The van der Waals surface area contributed by atoms with E-state index in [-0.39, 0.29) is 12.3 Å². The molecule has 154 valence electrons. The average Bonchev–Trinajstić information content (AvgIpc) is 2.70. The van der Waals surface area contributed by atoms with Gasteiger partial charge in [0.15, 0.2) is 0 Å². The van der Waals surface area contributed by atoms with Crippen LogP contribution in [0.5, 0.6) is 0 Å². The van der Waals surface area contributed by atoms with Crippen molar-refractivity contribution in [3.8, 4) is 0 Å². The summed E-state index contributed by atoms with van der Waals surface area (Å²) in [5, 5.41) is 3.15. The lowest BCUT2D eigenvalue weighted by atomic mass is 10.0. The fraction of sp³-hybridized carbons (Fsp3) is 0.364. The van der Waals surface area contributed by atoms with E-state index in [1.54, 1.807) is 12.1 Å². The maximum absolute atomic E-state index is 12.9. The Bertz CT molecular complexity index is 894. The molecule has 0 aliphatic carbocycles. The van der Waals surface area contributed by atoms with Crippen LogP contribution in [0.15, 0.2) is 42.5 Å². The van der Waals surface area contributed by atoms with Crippen LogP contribution in [0, 0.1) is 13.8 Å². The lowest BCUT2D eigenvalue weighted by Crippen LogP contribution is -2.49. The van der Waals surface area contributed by atoms with Crippen molar-refractivity contribution < 1.29 is 9.59 Å². The number of nitrogens with one attached hydrogen (secondary N) is 1. The van der Waals surface area contributed by atoms with Crippen LogP contribution in [-0.2, 0) is 4.79 Å². The molecular weight excluding hydrogens is 388 g/mol. The Morgan fingerprint density at radius 2 is 1.76 bits per heavy atom. The van der Waals surface area contributed by atoms with E-state index in [1.165, 1.54) is 16.8 Å². The third-order valence-corrected chi connectivity index (χ3v) is 5.87. The highest BCUT2D eigenvalue weighted by atomic mass is 35.5. The van der Waals surface area contributed by atoms with Gasteiger partial charge in [-0.1, -0.05) is 41.9 Å². The molecule has 1 heterocycles. The van der Waals surface area contributed by atoms with Gasteiger partial charge < -0.3 is 20.9 Å². The highest BCUT2D eigenvalue weighted by molar-refractivity contribution is 6.31. The van der Waals surface area contributed by atoms with Crippen molar-refractivity contribution in [1.29, 1.82) is 0 Å². The molecule has 29 heavy (non-hydrogen) atoms. The number of piperazine rings is 1. The van der Waals surface area contributed by atoms with Gasteiger partial charge in [0, 0.05) is 36.9 Å². The van der Waals surface area contributed by atoms with Gasteiger partial charge in [0.05, 0.1) is 12.5 Å². The van der Waals surface area contributed by atoms with E-state index in [0.29, 0.717) is 23.7 Å². The molecule has 0 spiro atoms. The summed E-state index contributed by atoms with van der Waals surface area (Å²) in [6.45, 7) is 7.06. The summed E-state index contributed by atoms with van der Waals surface area (Å²) >= 11 is 6.26. The van der Waals surface area contributed by atoms with Crippen LogP contribution in [0.3, 0.4) is 0 Å². The number of carbonyl (C=O) groups excluding carboxylic acids is 2. The molecule has 3 rings (SSSR count). The predicted octanol–water partition coefficient (Wildman–Crippen LogP) is 3.41. The van der Waals surface area contributed by atoms with Gasteiger partial charge in [-0.25, -0.2) is 4.79 Å². The summed E-state index contributed by atoms with van der Waals surface area (Å²) < 4.78 is 0. The van der Waals surface area contributed by atoms with Crippen LogP contribution >= 0.6 is 11.6 Å². The van der Waals surface area contributed by atoms with E-state index in [0.717, 1.165) is 13.1 Å². The number of nitrogens with two attached hydrogens (primary N) is 1. The third kappa shape index (κ3) is 5.01. The lowest BCUT2D eigenvalue weighted by Gasteiger charge is -2.37. The number of halogens is 1. The van der Waals surface area contributed by atoms with Gasteiger partial charge in [0.25, 0.3) is 0 Å². The van der Waals surface area contributed by atoms with Crippen molar-refractivity contribution in [2.75, 3.05) is 31.1 Å². The van der Waals surface area contributed by atoms with Gasteiger partial charge in [0.2, 0.25) is 5.91 Å². The fourth-order valence-corrected chi connectivity index (χ4v) is 4.01. The smallest absolute Gasteiger partial charge is 0.312 e. The molecule has 1 unspecified atom stereocenters. The molecule has 0 radical (unpaired) electrons. The molecule has 3 amide bonds. The minimum absolute atomic E-state index is 0.0238. The molecule has 2 aromatic rings. The molecule has 0 saturated carbocycles. The van der Waals surface area contributed by atoms with Crippen molar-refractivity contribution in [3.63, 3.8) is 0 Å². The van der Waals surface area contributed by atoms with Gasteiger partial charge in [-0.15, -0.1) is 0 Å². The SMILES string of the molecule is Cc1cccc(N2CCN(C(=O)CC(NC(N)=O)c3ccccc3Cl)CC2)c1C. The number of hydrogen-bond acceptors (Lipinski definition) is 3. The molecule has 1 fully saturated rings. The van der Waals surface area contributed by atoms with Crippen LogP contribution in [-0.4, -0.2) is 43.0 Å². The second kappa shape index (κ2) is 9.18. The number of nitrogens with zero attached hydrogens (tertiary/aromatic N) is 2. The molecular formula is C22H27ClN4O2. The monoisotopic (exact) mass is 414 g/mol. The Hall–Kier alpha value is -2.73. The molecule has 1 saturated heterocycles. The number of primary amides is 1. The largest absolute Gasteiger partial charge is 0.368 e. The summed E-state index contributed by atoms with van der Waals surface area (Å²) in [7, 11) is 0. The van der Waals surface area contributed by atoms with E-state index in [4.69, 9.17) is 17.3 Å². The normalized spacial score (nSPS) is 15.1. The van der Waals surface area contributed by atoms with Crippen molar-refractivity contribution in [3.05, 3.63) is 64.2 Å². The topological polar surface area (TPSA) is 78.7 Å². The first-order valence-corrected chi connectivity index (χ1v) is 10.1. The molecule has 1 aliphatic heterocycles. The van der Waals surface area contributed by atoms with Gasteiger partial charge in [0.1, 0.15) is 0 Å². The summed E-state index contributed by atoms with van der Waals surface area (Å²) in [6, 6.07) is 12.2. The molecule has 3 N–H and O–H groups in total. The number of benzene rings is 2. The summed E-state index contributed by atoms with van der Waals surface area (Å²) in [5.41, 5.74) is 9.77. The number of amides is 3. The highest BCUT2D eigenvalue weighted by Gasteiger charge is 2.26. The van der Waals surface area contributed by atoms with Gasteiger partial charge in [-0.05, 0) is 42.7 Å². The van der Waals surface area contributed by atoms with Crippen LogP contribution in [0.2, 0.25) is 5.02 Å². The first-order chi connectivity index (χ1) is 13.9. The zero-order valence-corrected chi connectivity index (χ0v) is 17.6. The predicted molar refractivity (Wildman–Crippen MR) is 116 cm³/mol. The highest BCUT2D eigenvalue weighted by Crippen LogP contribution is 2.27. The fourth-order valence-electron chi connectivity index (χ4n) is 3.75. The van der Waals surface area contributed by atoms with Crippen LogP contribution in [0.1, 0.15) is 29.2 Å². The molecule has 1 atom stereocenters. The Labute approximate surface area is 176 Å². The third-order valence-electron chi connectivity index (χ3n) is 5.52. The Morgan fingerprint density at radius 3 is 2.41 bits per heavy atom. The van der Waals surface area contributed by atoms with Crippen molar-refractivity contribution in [2.45, 2.75) is 26.3 Å². The Morgan fingerprint density at radius 1 is 1.07 bits per heavy atom. The van der Waals surface area contributed by atoms with Crippen molar-refractivity contribution in [2.24, 2.45) is 5.73 Å². The van der Waals surface area contributed by atoms with E-state index < -0.39 is 12.1 Å². The van der Waals surface area contributed by atoms with E-state index in [9.17, 15) is 9.59 Å². The zero-order chi connectivity index (χ0) is 21.0. The molecule has 0 aromatic heterocycles. The van der Waals surface area contributed by atoms with E-state index in [2.05, 4.69) is 42.3 Å². The zero-order valence-electron chi connectivity index (χ0n) is 16.8. The molecule has 7 heteroatoms. The van der Waals surface area contributed by atoms with E-state index >= 15 is 0 Å². The lowest BCUT2D eigenvalue weighted by molar-refractivity contribution is -0.132. The molecule has 6 nitrogen and oxygen atoms in total. The summed E-state index contributed by atoms with van der Waals surface area (Å²) in [4.78, 5) is 28.5. The Balaban J connectivity index is 1.65. The summed E-state index contributed by atoms with van der Waals surface area (Å²) in [6.07, 6.45) is 0.121. The van der Waals surface area contributed by atoms with Crippen LogP contribution in [0.4, 0.5) is 10.5 Å². The number of urea groups is 1. The Kier molecular flexibility index (Phi) is 6.64. The second-order valence-corrected chi connectivity index (χ2v) is 7.78. The van der Waals surface area contributed by atoms with Gasteiger partial charge >= 0.3 is 6.03 Å². The quantitative estimate of drug-likeness (QED) is 0.786. The number of carbonyl (C=O) groups is 2. The number of rotatable bonds is 5. The van der Waals surface area contributed by atoms with Crippen LogP contribution in [0.25, 0.3) is 0 Å². The van der Waals surface area contributed by atoms with Crippen molar-refractivity contribution in [1.82, 2.24) is 10.2 Å². The summed E-state index contributed by atoms with van der Waals surface area (Å²) in [5.74, 6) is -0.0238. The molecule has 2 aromatic carbocycles. The van der Waals surface area contributed by atoms with Gasteiger partial charge in [-0.3, -0.25) is 4.79 Å². The van der Waals surface area contributed by atoms with Gasteiger partial charge in [-0.2, -0.15) is 0 Å². The molecule has 1 aliphatic rings. The number of anilines is 1. The standard InChI is InChI=1S/C22H27ClN4O2/c1-15-6-5-9-20(16(15)2)26-10-12-27(13-11-26)21(28)14-19(25-22(24)29)17-7-3-4-8-18(17)23/h3-9,19H,10-14H2,1-2H3,(H3,24,25,29). The average molecular weight is 415 g/mol. The van der Waals surface area contributed by atoms with Crippen molar-refractivity contribution >= 4 is 29.2 Å². The molecule has 0 bridgehead atoms. The second-order valence-electron chi connectivity index (χ2n) is 7.37. The number of aryl methyl sites for hydroxylation is 1. The number of hydrogen-bond donors (Lipinski definition) is 2. The van der Waals surface area contributed by atoms with E-state index in [1.807, 2.05) is 17.0 Å².